The molecule has 0 atom stereocenters. The second-order valence-electron chi connectivity index (χ2n) is 4.82. The first-order valence-electron chi connectivity index (χ1n) is 6.93. The molecular weight excluding hydrogens is 288 g/mol. The summed E-state index contributed by atoms with van der Waals surface area (Å²) in [6.45, 7) is 2.32. The smallest absolute Gasteiger partial charge is 0.322 e. The normalized spacial score (nSPS) is 14.3. The quantitative estimate of drug-likeness (QED) is 0.623. The van der Waals surface area contributed by atoms with E-state index < -0.39 is 18.4 Å². The van der Waals surface area contributed by atoms with E-state index >= 15 is 0 Å². The highest BCUT2D eigenvalue weighted by Gasteiger charge is 2.16. The lowest BCUT2D eigenvalue weighted by molar-refractivity contribution is -0.135. The van der Waals surface area contributed by atoms with Crippen molar-refractivity contribution in [3.05, 3.63) is 29.8 Å². The minimum absolute atomic E-state index is 0.218. The lowest BCUT2D eigenvalue weighted by Crippen LogP contribution is -2.48. The molecule has 8 nitrogen and oxygen atoms in total. The van der Waals surface area contributed by atoms with Crippen LogP contribution < -0.4 is 16.0 Å². The fourth-order valence-electron chi connectivity index (χ4n) is 2.07. The van der Waals surface area contributed by atoms with E-state index in [4.69, 9.17) is 5.11 Å². The van der Waals surface area contributed by atoms with Gasteiger partial charge in [0.15, 0.2) is 0 Å². The molecule has 0 aromatic heterocycles. The maximum atomic E-state index is 12.1. The molecule has 1 aliphatic heterocycles. The highest BCUT2D eigenvalue weighted by atomic mass is 16.4. The van der Waals surface area contributed by atoms with Gasteiger partial charge >= 0.3 is 12.0 Å². The molecule has 3 amide bonds. The van der Waals surface area contributed by atoms with Crippen molar-refractivity contribution in [3.63, 3.8) is 0 Å². The van der Waals surface area contributed by atoms with Gasteiger partial charge in [0, 0.05) is 37.4 Å². The van der Waals surface area contributed by atoms with E-state index in [1.807, 2.05) is 0 Å². The minimum Gasteiger partial charge on any atom is -0.480 e. The second-order valence-corrected chi connectivity index (χ2v) is 4.82. The largest absolute Gasteiger partial charge is 0.480 e. The number of benzene rings is 1. The average molecular weight is 306 g/mol. The van der Waals surface area contributed by atoms with Gasteiger partial charge in [-0.2, -0.15) is 0 Å². The average Bonchev–Trinajstić information content (AvgIpc) is 2.53. The van der Waals surface area contributed by atoms with Crippen molar-refractivity contribution in [1.82, 2.24) is 15.5 Å². The molecular formula is C14H18N4O4. The maximum Gasteiger partial charge on any atom is 0.322 e. The van der Waals surface area contributed by atoms with Gasteiger partial charge in [0.2, 0.25) is 0 Å². The van der Waals surface area contributed by atoms with Crippen molar-refractivity contribution in [3.8, 4) is 0 Å². The van der Waals surface area contributed by atoms with Gasteiger partial charge in [0.05, 0.1) is 0 Å². The molecule has 0 bridgehead atoms. The first kappa shape index (κ1) is 15.8. The number of carboxylic acids is 1. The number of rotatable bonds is 4. The summed E-state index contributed by atoms with van der Waals surface area (Å²) in [5.41, 5.74) is 0.783. The topological polar surface area (TPSA) is 111 Å². The van der Waals surface area contributed by atoms with Crippen LogP contribution in [0.1, 0.15) is 10.4 Å². The molecule has 1 fully saturated rings. The highest BCUT2D eigenvalue weighted by molar-refractivity contribution is 5.98. The van der Waals surface area contributed by atoms with Crippen molar-refractivity contribution in [2.75, 3.05) is 38.0 Å². The molecule has 1 aliphatic rings. The van der Waals surface area contributed by atoms with Crippen LogP contribution in [-0.4, -0.2) is 60.6 Å². The van der Waals surface area contributed by atoms with E-state index in [0.29, 0.717) is 24.3 Å². The van der Waals surface area contributed by atoms with Crippen LogP contribution >= 0.6 is 0 Å². The van der Waals surface area contributed by atoms with Gasteiger partial charge in [-0.05, 0) is 18.2 Å². The van der Waals surface area contributed by atoms with Crippen molar-refractivity contribution in [1.29, 1.82) is 0 Å². The van der Waals surface area contributed by atoms with Gasteiger partial charge in [-0.25, -0.2) is 4.79 Å². The number of aliphatic carboxylic acids is 1. The van der Waals surface area contributed by atoms with Gasteiger partial charge in [0.1, 0.15) is 6.54 Å². The first-order chi connectivity index (χ1) is 10.6. The van der Waals surface area contributed by atoms with E-state index in [1.165, 1.54) is 6.07 Å². The number of nitrogens with zero attached hydrogens (tertiary/aromatic N) is 1. The molecule has 1 aromatic rings. The number of nitrogens with one attached hydrogen (secondary N) is 3. The third kappa shape index (κ3) is 4.45. The number of urea groups is 1. The molecule has 118 valence electrons. The summed E-state index contributed by atoms with van der Waals surface area (Å²) in [6.07, 6.45) is 0. The van der Waals surface area contributed by atoms with E-state index in [-0.39, 0.29) is 6.03 Å². The second kappa shape index (κ2) is 7.41. The van der Waals surface area contributed by atoms with Crippen LogP contribution in [0.25, 0.3) is 0 Å². The molecule has 1 saturated heterocycles. The Morgan fingerprint density at radius 3 is 2.64 bits per heavy atom. The summed E-state index contributed by atoms with van der Waals surface area (Å²) in [7, 11) is 0. The van der Waals surface area contributed by atoms with Crippen molar-refractivity contribution in [2.24, 2.45) is 0 Å². The van der Waals surface area contributed by atoms with E-state index in [2.05, 4.69) is 16.0 Å². The van der Waals surface area contributed by atoms with Crippen LogP contribution in [-0.2, 0) is 4.79 Å². The fourth-order valence-corrected chi connectivity index (χ4v) is 2.07. The van der Waals surface area contributed by atoms with Crippen molar-refractivity contribution >= 4 is 23.6 Å². The Morgan fingerprint density at radius 1 is 1.23 bits per heavy atom. The van der Waals surface area contributed by atoms with E-state index in [1.54, 1.807) is 23.1 Å². The Hall–Kier alpha value is -2.61. The third-order valence-corrected chi connectivity index (χ3v) is 3.18. The number of amides is 3. The summed E-state index contributed by atoms with van der Waals surface area (Å²) < 4.78 is 0. The van der Waals surface area contributed by atoms with Crippen LogP contribution in [0.15, 0.2) is 24.3 Å². The predicted octanol–water partition coefficient (Wildman–Crippen LogP) is -0.0619. The van der Waals surface area contributed by atoms with Gasteiger partial charge in [-0.15, -0.1) is 0 Å². The van der Waals surface area contributed by atoms with Crippen LogP contribution in [0.2, 0.25) is 0 Å². The Balaban J connectivity index is 1.97. The molecule has 0 aliphatic carbocycles. The molecule has 0 radical (unpaired) electrons. The molecule has 2 rings (SSSR count). The van der Waals surface area contributed by atoms with Gasteiger partial charge in [0.25, 0.3) is 5.91 Å². The van der Waals surface area contributed by atoms with Crippen LogP contribution in [0.4, 0.5) is 10.5 Å². The van der Waals surface area contributed by atoms with Crippen LogP contribution in [0.5, 0.6) is 0 Å². The third-order valence-electron chi connectivity index (χ3n) is 3.18. The molecule has 22 heavy (non-hydrogen) atoms. The Labute approximate surface area is 127 Å². The molecule has 0 saturated carbocycles. The number of piperazine rings is 1. The monoisotopic (exact) mass is 306 g/mol. The fraction of sp³-hybridized carbons (Fsp3) is 0.357. The summed E-state index contributed by atoms with van der Waals surface area (Å²) in [5, 5.41) is 16.7. The number of carboxylic acid groups (broad SMARTS) is 1. The molecule has 4 N–H and O–H groups in total. The first-order valence-corrected chi connectivity index (χ1v) is 6.93. The van der Waals surface area contributed by atoms with Crippen LogP contribution in [0, 0.1) is 0 Å². The van der Waals surface area contributed by atoms with Gasteiger partial charge in [-0.3, -0.25) is 9.59 Å². The molecule has 0 unspecified atom stereocenters. The molecule has 1 aromatic carbocycles. The predicted molar refractivity (Wildman–Crippen MR) is 79.9 cm³/mol. The Bertz CT molecular complexity index is 570. The zero-order valence-electron chi connectivity index (χ0n) is 12.0. The number of hydrogen-bond acceptors (Lipinski definition) is 4. The molecule has 1 heterocycles. The molecule has 0 spiro atoms. The summed E-state index contributed by atoms with van der Waals surface area (Å²) in [6, 6.07) is 6.15. The number of hydrogen-bond donors (Lipinski definition) is 4. The van der Waals surface area contributed by atoms with Gasteiger partial charge in [-0.1, -0.05) is 6.07 Å². The van der Waals surface area contributed by atoms with E-state index in [9.17, 15) is 14.4 Å². The Morgan fingerprint density at radius 2 is 1.95 bits per heavy atom. The number of carbonyl (C=O) groups excluding carboxylic acids is 2. The lowest BCUT2D eigenvalue weighted by Gasteiger charge is -2.27. The summed E-state index contributed by atoms with van der Waals surface area (Å²) in [4.78, 5) is 36.0. The summed E-state index contributed by atoms with van der Waals surface area (Å²) >= 11 is 0. The van der Waals surface area contributed by atoms with Crippen molar-refractivity contribution < 1.29 is 19.5 Å². The standard InChI is InChI=1S/C14H18N4O4/c19-12(20)9-16-13(21)10-2-1-3-11(8-10)17-14(22)18-6-4-15-5-7-18/h1-3,8,15H,4-7,9H2,(H,16,21)(H,17,22)(H,19,20). The Kier molecular flexibility index (Phi) is 5.31. The number of carbonyl (C=O) groups is 3. The van der Waals surface area contributed by atoms with Crippen LogP contribution in [0.3, 0.4) is 0 Å². The zero-order valence-corrected chi connectivity index (χ0v) is 12.0. The summed E-state index contributed by atoms with van der Waals surface area (Å²) in [5.74, 6) is -1.61. The SMILES string of the molecule is O=C(O)CNC(=O)c1cccc(NC(=O)N2CCNCC2)c1. The molecule has 8 heteroatoms. The van der Waals surface area contributed by atoms with E-state index in [0.717, 1.165) is 13.1 Å². The van der Waals surface area contributed by atoms with Crippen molar-refractivity contribution in [2.45, 2.75) is 0 Å². The minimum atomic E-state index is -1.11. The zero-order chi connectivity index (χ0) is 15.9. The van der Waals surface area contributed by atoms with Gasteiger partial charge < -0.3 is 26.0 Å². The lowest BCUT2D eigenvalue weighted by atomic mass is 10.2. The number of anilines is 1. The maximum absolute atomic E-state index is 12.1. The highest BCUT2D eigenvalue weighted by Crippen LogP contribution is 2.11.